The quantitative estimate of drug-likeness (QED) is 0.159. The Morgan fingerprint density at radius 1 is 0.406 bits per heavy atom. The molecule has 0 N–H and O–H groups in total. The zero-order valence-electron chi connectivity index (χ0n) is 40.9. The number of fused-ring (bicyclic) bond motifs is 10. The van der Waals surface area contributed by atoms with Crippen LogP contribution in [0.25, 0.3) is 22.3 Å². The van der Waals surface area contributed by atoms with E-state index in [1.807, 2.05) is 0 Å². The molecule has 0 spiro atoms. The minimum absolute atomic E-state index is 0.0170. The Labute approximate surface area is 408 Å². The van der Waals surface area contributed by atoms with Gasteiger partial charge in [-0.25, -0.2) is 0 Å². The third-order valence-corrected chi connectivity index (χ3v) is 16.0. The number of aryl methyl sites for hydroxylation is 1. The predicted molar refractivity (Wildman–Crippen MR) is 294 cm³/mol. The van der Waals surface area contributed by atoms with E-state index in [9.17, 15) is 0 Å². The maximum atomic E-state index is 2.61. The van der Waals surface area contributed by atoms with Gasteiger partial charge in [-0.1, -0.05) is 164 Å². The van der Waals surface area contributed by atoms with E-state index in [0.717, 1.165) is 17.1 Å². The summed E-state index contributed by atoms with van der Waals surface area (Å²) in [4.78, 5) is 7.60. The summed E-state index contributed by atoms with van der Waals surface area (Å²) in [6.07, 6.45) is 0. The molecule has 0 saturated heterocycles. The van der Waals surface area contributed by atoms with Crippen LogP contribution in [-0.4, -0.2) is 6.71 Å². The normalized spacial score (nSPS) is 15.1. The Balaban J connectivity index is 1.09. The van der Waals surface area contributed by atoms with Crippen LogP contribution in [0.4, 0.5) is 51.2 Å². The van der Waals surface area contributed by atoms with E-state index in [2.05, 4.69) is 264 Å². The van der Waals surface area contributed by atoms with Gasteiger partial charge in [-0.05, 0) is 163 Å². The van der Waals surface area contributed by atoms with Gasteiger partial charge in [0.2, 0.25) is 0 Å². The molecule has 0 aromatic heterocycles. The van der Waals surface area contributed by atoms with Gasteiger partial charge in [-0.15, -0.1) is 0 Å². The molecule has 9 aromatic rings. The molecule has 0 bridgehead atoms. The summed E-state index contributed by atoms with van der Waals surface area (Å²) < 4.78 is 0. The molecule has 9 aromatic carbocycles. The minimum Gasteiger partial charge on any atom is -0.311 e. The lowest BCUT2D eigenvalue weighted by molar-refractivity contribution is 0.591. The summed E-state index contributed by atoms with van der Waals surface area (Å²) in [5.74, 6) is 0. The van der Waals surface area contributed by atoms with Crippen LogP contribution < -0.4 is 31.1 Å². The molecule has 0 radical (unpaired) electrons. The molecule has 69 heavy (non-hydrogen) atoms. The molecule has 0 unspecified atom stereocenters. The molecule has 0 saturated carbocycles. The molecule has 334 valence electrons. The van der Waals surface area contributed by atoms with Crippen LogP contribution in [0.15, 0.2) is 194 Å². The molecule has 0 atom stereocenters. The third-order valence-electron chi connectivity index (χ3n) is 16.0. The maximum Gasteiger partial charge on any atom is 0.252 e. The largest absolute Gasteiger partial charge is 0.311 e. The first-order chi connectivity index (χ1) is 33.3. The van der Waals surface area contributed by atoms with Crippen LogP contribution in [-0.2, 0) is 16.2 Å². The molecular formula is C65H56BN3. The van der Waals surface area contributed by atoms with Gasteiger partial charge < -0.3 is 14.7 Å². The fourth-order valence-electron chi connectivity index (χ4n) is 12.5. The van der Waals surface area contributed by atoms with Gasteiger partial charge in [0.15, 0.2) is 0 Å². The highest BCUT2D eigenvalue weighted by Gasteiger charge is 2.46. The Morgan fingerprint density at radius 3 is 1.43 bits per heavy atom. The van der Waals surface area contributed by atoms with Gasteiger partial charge in [0.1, 0.15) is 0 Å². The minimum atomic E-state index is -0.158. The van der Waals surface area contributed by atoms with Gasteiger partial charge in [-0.2, -0.15) is 0 Å². The highest BCUT2D eigenvalue weighted by atomic mass is 15.2. The van der Waals surface area contributed by atoms with Crippen molar-refractivity contribution in [3.05, 3.63) is 228 Å². The number of benzene rings is 9. The SMILES string of the molecule is Cc1cc2c3c(c1)N(c1ccc4c(c1)C(C)(C)c1ccccc1-4)c1cc(N(c4ccccc4)c4ccccc4)ccc1B3c1cc(C(C)(C)C)ccc1N2c1ccc2c(c1)C(C)(C)c1ccccc1-2. The molecule has 4 aliphatic rings. The predicted octanol–water partition coefficient (Wildman–Crippen LogP) is 15.5. The number of nitrogens with zero attached hydrogens (tertiary/aromatic N) is 3. The van der Waals surface area contributed by atoms with Gasteiger partial charge in [0, 0.05) is 62.0 Å². The molecule has 0 fully saturated rings. The van der Waals surface area contributed by atoms with Crippen LogP contribution in [0.3, 0.4) is 0 Å². The number of rotatable bonds is 5. The van der Waals surface area contributed by atoms with E-state index in [1.165, 1.54) is 106 Å². The lowest BCUT2D eigenvalue weighted by atomic mass is 9.33. The zero-order valence-corrected chi connectivity index (χ0v) is 40.9. The molecule has 0 amide bonds. The number of hydrogen-bond acceptors (Lipinski definition) is 3. The smallest absolute Gasteiger partial charge is 0.252 e. The second-order valence-corrected chi connectivity index (χ2v) is 21.9. The Hall–Kier alpha value is -7.56. The maximum absolute atomic E-state index is 2.61. The van der Waals surface area contributed by atoms with Crippen molar-refractivity contribution in [3.63, 3.8) is 0 Å². The Morgan fingerprint density at radius 2 is 0.899 bits per heavy atom. The van der Waals surface area contributed by atoms with Gasteiger partial charge >= 0.3 is 0 Å². The van der Waals surface area contributed by atoms with Gasteiger partial charge in [0.25, 0.3) is 6.71 Å². The molecular weight excluding hydrogens is 834 g/mol. The third kappa shape index (κ3) is 6.07. The van der Waals surface area contributed by atoms with Crippen molar-refractivity contribution < 1.29 is 0 Å². The molecule has 3 nitrogen and oxygen atoms in total. The van der Waals surface area contributed by atoms with Crippen LogP contribution >= 0.6 is 0 Å². The summed E-state index contributed by atoms with van der Waals surface area (Å²) in [7, 11) is 0. The van der Waals surface area contributed by atoms with E-state index in [-0.39, 0.29) is 23.0 Å². The van der Waals surface area contributed by atoms with Crippen molar-refractivity contribution in [2.45, 2.75) is 71.6 Å². The lowest BCUT2D eigenvalue weighted by Crippen LogP contribution is -2.61. The summed E-state index contributed by atoms with van der Waals surface area (Å²) in [6.45, 7) is 18.9. The van der Waals surface area contributed by atoms with Gasteiger partial charge in [-0.3, -0.25) is 0 Å². The van der Waals surface area contributed by atoms with Crippen LogP contribution in [0.5, 0.6) is 0 Å². The molecule has 2 aliphatic carbocycles. The summed E-state index contributed by atoms with van der Waals surface area (Å²) >= 11 is 0. The number of hydrogen-bond donors (Lipinski definition) is 0. The van der Waals surface area contributed by atoms with Crippen LogP contribution in [0.2, 0.25) is 0 Å². The summed E-state index contributed by atoms with van der Waals surface area (Å²) in [5, 5.41) is 0. The van der Waals surface area contributed by atoms with Crippen molar-refractivity contribution in [1.29, 1.82) is 0 Å². The standard InChI is InChI=1S/C65H56BN3/c1-41-35-60-62-61(36-41)69(46-29-32-51-49-24-16-18-26-53(49)65(7,8)55(51)39-46)59-40-47(67(43-19-11-9-12-20-43)44-21-13-10-14-22-44)30-33-56(59)66(62)57-37-42(63(2,3)4)27-34-58(57)68(60)45-28-31-50-48-23-15-17-25-52(48)64(5,6)54(50)38-45/h9-40H,1-8H3. The highest BCUT2D eigenvalue weighted by molar-refractivity contribution is 7.00. The van der Waals surface area contributed by atoms with Crippen LogP contribution in [0, 0.1) is 6.92 Å². The van der Waals surface area contributed by atoms with E-state index in [4.69, 9.17) is 0 Å². The topological polar surface area (TPSA) is 9.72 Å². The van der Waals surface area contributed by atoms with E-state index >= 15 is 0 Å². The average molecular weight is 890 g/mol. The number of anilines is 9. The van der Waals surface area contributed by atoms with Crippen LogP contribution in [0.1, 0.15) is 81.8 Å². The molecule has 2 aliphatic heterocycles. The highest BCUT2D eigenvalue weighted by Crippen LogP contribution is 2.54. The van der Waals surface area contributed by atoms with Crippen molar-refractivity contribution in [2.24, 2.45) is 0 Å². The average Bonchev–Trinajstić information content (AvgIpc) is 3.72. The fourth-order valence-corrected chi connectivity index (χ4v) is 12.5. The van der Waals surface area contributed by atoms with Gasteiger partial charge in [0.05, 0.1) is 0 Å². The van der Waals surface area contributed by atoms with E-state index < -0.39 is 0 Å². The Bertz CT molecular complexity index is 3540. The fraction of sp³-hybridized carbons (Fsp3) is 0.169. The first-order valence-corrected chi connectivity index (χ1v) is 24.7. The van der Waals surface area contributed by atoms with E-state index in [1.54, 1.807) is 0 Å². The number of para-hydroxylation sites is 2. The first kappa shape index (κ1) is 41.6. The first-order valence-electron chi connectivity index (χ1n) is 24.7. The second-order valence-electron chi connectivity index (χ2n) is 21.9. The zero-order chi connectivity index (χ0) is 47.1. The molecule has 2 heterocycles. The monoisotopic (exact) mass is 889 g/mol. The summed E-state index contributed by atoms with van der Waals surface area (Å²) in [5.41, 5.74) is 27.7. The molecule has 13 rings (SSSR count). The molecule has 4 heteroatoms. The van der Waals surface area contributed by atoms with Crippen molar-refractivity contribution in [1.82, 2.24) is 0 Å². The summed E-state index contributed by atoms with van der Waals surface area (Å²) in [6, 6.07) is 73.6. The lowest BCUT2D eigenvalue weighted by Gasteiger charge is -2.45. The van der Waals surface area contributed by atoms with Crippen molar-refractivity contribution in [2.75, 3.05) is 14.7 Å². The van der Waals surface area contributed by atoms with E-state index in [0.29, 0.717) is 0 Å². The van der Waals surface area contributed by atoms with Crippen molar-refractivity contribution >= 4 is 74.3 Å². The Kier molecular flexibility index (Phi) is 8.88. The van der Waals surface area contributed by atoms with Crippen molar-refractivity contribution in [3.8, 4) is 22.3 Å². The second kappa shape index (κ2) is 14.7.